The molecule has 4 unspecified atom stereocenters. The quantitative estimate of drug-likeness (QED) is 0.549. The maximum absolute atomic E-state index is 13.6. The van der Waals surface area contributed by atoms with Crippen molar-refractivity contribution in [3.63, 3.8) is 0 Å². The minimum Gasteiger partial charge on any atom is -0.468 e. The molecule has 0 N–H and O–H groups in total. The molecule has 0 radical (unpaired) electrons. The first kappa shape index (κ1) is 18.4. The average Bonchev–Trinajstić information content (AvgIpc) is 3.05. The van der Waals surface area contributed by atoms with Crippen LogP contribution in [0.3, 0.4) is 0 Å². The summed E-state index contributed by atoms with van der Waals surface area (Å²) in [5, 5.41) is 1.02. The molecule has 6 heteroatoms. The first-order chi connectivity index (χ1) is 14.1. The summed E-state index contributed by atoms with van der Waals surface area (Å²) in [5.41, 5.74) is 3.00. The second kappa shape index (κ2) is 6.46. The van der Waals surface area contributed by atoms with E-state index in [4.69, 9.17) is 9.47 Å². The molecule has 1 saturated carbocycles. The van der Waals surface area contributed by atoms with Gasteiger partial charge < -0.3 is 9.47 Å². The van der Waals surface area contributed by atoms with Crippen molar-refractivity contribution in [2.24, 2.45) is 5.92 Å². The fraction of sp³-hybridized carbons (Fsp3) is 0.478. The molecule has 4 bridgehead atoms. The molecule has 1 aromatic carbocycles. The number of esters is 1. The van der Waals surface area contributed by atoms with E-state index in [1.807, 2.05) is 31.2 Å². The van der Waals surface area contributed by atoms with Gasteiger partial charge in [-0.15, -0.1) is 0 Å². The molecule has 3 fully saturated rings. The number of rotatable bonds is 1. The number of carbonyl (C=O) groups excluding carboxylic acids is 2. The number of benzene rings is 1. The molecule has 4 heterocycles. The molecule has 4 aliphatic rings. The zero-order valence-corrected chi connectivity index (χ0v) is 17.1. The molecule has 29 heavy (non-hydrogen) atoms. The van der Waals surface area contributed by atoms with Gasteiger partial charge in [0.1, 0.15) is 5.41 Å². The van der Waals surface area contributed by atoms with E-state index < -0.39 is 11.5 Å². The number of fused-ring (bicyclic) bond motifs is 4. The lowest BCUT2D eigenvalue weighted by Gasteiger charge is -2.55. The highest BCUT2D eigenvalue weighted by Crippen LogP contribution is 2.55. The van der Waals surface area contributed by atoms with Crippen LogP contribution in [0.15, 0.2) is 35.9 Å². The van der Waals surface area contributed by atoms with Crippen LogP contribution >= 0.6 is 0 Å². The van der Waals surface area contributed by atoms with Crippen molar-refractivity contribution in [1.82, 2.24) is 9.47 Å². The lowest BCUT2D eigenvalue weighted by molar-refractivity contribution is -0.155. The Morgan fingerprint density at radius 1 is 1.21 bits per heavy atom. The van der Waals surface area contributed by atoms with Crippen LogP contribution in [0.1, 0.15) is 31.0 Å². The van der Waals surface area contributed by atoms with E-state index in [1.165, 1.54) is 19.8 Å². The maximum Gasteiger partial charge on any atom is 0.418 e. The van der Waals surface area contributed by atoms with Crippen LogP contribution in [0.5, 0.6) is 0 Å². The summed E-state index contributed by atoms with van der Waals surface area (Å²) in [6.45, 7) is 3.89. The van der Waals surface area contributed by atoms with Crippen molar-refractivity contribution in [2.75, 3.05) is 27.3 Å². The number of nitrogens with zero attached hydrogens (tertiary/aromatic N) is 2. The Balaban J connectivity index is 1.92. The highest BCUT2D eigenvalue weighted by atomic mass is 16.5. The number of methoxy groups -OCH3 is 2. The Labute approximate surface area is 170 Å². The van der Waals surface area contributed by atoms with Gasteiger partial charge in [-0.2, -0.15) is 0 Å². The summed E-state index contributed by atoms with van der Waals surface area (Å²) in [5.74, 6) is 0.104. The molecule has 0 spiro atoms. The monoisotopic (exact) mass is 394 g/mol. The van der Waals surface area contributed by atoms with Crippen molar-refractivity contribution in [3.05, 3.63) is 47.2 Å². The first-order valence-electron chi connectivity index (χ1n) is 10.3. The van der Waals surface area contributed by atoms with Crippen LogP contribution in [0, 0.1) is 5.92 Å². The van der Waals surface area contributed by atoms with Crippen molar-refractivity contribution < 1.29 is 19.1 Å². The number of ether oxygens (including phenoxy) is 2. The molecular weight excluding hydrogens is 368 g/mol. The SMILES string of the molecule is C/C=C1\CC2CN3CCc4c(n(C(=O)OC)c5ccccc45)C(C(=O)OC)(C2)C13. The van der Waals surface area contributed by atoms with Gasteiger partial charge in [0.2, 0.25) is 0 Å². The largest absolute Gasteiger partial charge is 0.468 e. The lowest BCUT2D eigenvalue weighted by Crippen LogP contribution is -2.65. The highest BCUT2D eigenvalue weighted by molar-refractivity contribution is 5.98. The van der Waals surface area contributed by atoms with E-state index in [1.54, 1.807) is 4.57 Å². The Morgan fingerprint density at radius 2 is 2.00 bits per heavy atom. The Bertz CT molecular complexity index is 1050. The summed E-state index contributed by atoms with van der Waals surface area (Å²) >= 11 is 0. The van der Waals surface area contributed by atoms with E-state index in [2.05, 4.69) is 11.0 Å². The molecule has 152 valence electrons. The van der Waals surface area contributed by atoms with Crippen LogP contribution in [0.25, 0.3) is 10.9 Å². The van der Waals surface area contributed by atoms with Gasteiger partial charge in [0.05, 0.1) is 31.5 Å². The van der Waals surface area contributed by atoms with E-state index in [-0.39, 0.29) is 12.0 Å². The topological polar surface area (TPSA) is 60.8 Å². The van der Waals surface area contributed by atoms with Gasteiger partial charge in [-0.1, -0.05) is 29.8 Å². The minimum atomic E-state index is -0.906. The Morgan fingerprint density at radius 3 is 2.72 bits per heavy atom. The lowest BCUT2D eigenvalue weighted by atomic mass is 9.58. The number of aromatic nitrogens is 1. The predicted octanol–water partition coefficient (Wildman–Crippen LogP) is 3.26. The van der Waals surface area contributed by atoms with Crippen LogP contribution in [-0.2, 0) is 26.1 Å². The van der Waals surface area contributed by atoms with Crippen molar-refractivity contribution in [1.29, 1.82) is 0 Å². The molecule has 4 atom stereocenters. The minimum absolute atomic E-state index is 0.0843. The molecule has 6 nitrogen and oxygen atoms in total. The number of para-hydroxylation sites is 1. The molecule has 2 saturated heterocycles. The maximum atomic E-state index is 13.6. The van der Waals surface area contributed by atoms with Gasteiger partial charge in [-0.3, -0.25) is 9.69 Å². The molecule has 3 aliphatic heterocycles. The number of carbonyl (C=O) groups is 2. The molecule has 0 amide bonds. The van der Waals surface area contributed by atoms with Crippen molar-refractivity contribution in [2.45, 2.75) is 37.6 Å². The average molecular weight is 394 g/mol. The standard InChI is InChI=1S/C23H26N2O4/c1-4-15-11-14-12-23(21(26)28-2)19(15)24(13-14)10-9-17-16-7-5-6-8-18(16)25(20(17)23)22(27)29-3/h4-8,14,19H,9-13H2,1-3H3/b15-4+. The molecule has 1 aliphatic carbocycles. The third-order valence-corrected chi connectivity index (χ3v) is 7.14. The van der Waals surface area contributed by atoms with E-state index >= 15 is 0 Å². The molecule has 1 aromatic heterocycles. The third kappa shape index (κ3) is 2.26. The van der Waals surface area contributed by atoms with Gasteiger partial charge in [0.25, 0.3) is 0 Å². The molecular formula is C23H26N2O4. The molecule has 2 aromatic rings. The second-order valence-corrected chi connectivity index (χ2v) is 8.40. The summed E-state index contributed by atoms with van der Waals surface area (Å²) < 4.78 is 12.3. The number of hydrogen-bond donors (Lipinski definition) is 0. The molecule has 6 rings (SSSR count). The summed E-state index contributed by atoms with van der Waals surface area (Å²) in [4.78, 5) is 29.0. The summed E-state index contributed by atoms with van der Waals surface area (Å²) in [6, 6.07) is 7.79. The Hall–Kier alpha value is -2.60. The predicted molar refractivity (Wildman–Crippen MR) is 109 cm³/mol. The highest BCUT2D eigenvalue weighted by Gasteiger charge is 2.62. The van der Waals surface area contributed by atoms with Gasteiger partial charge in [-0.05, 0) is 43.7 Å². The zero-order valence-electron chi connectivity index (χ0n) is 17.1. The van der Waals surface area contributed by atoms with E-state index in [0.29, 0.717) is 12.3 Å². The van der Waals surface area contributed by atoms with Gasteiger partial charge in [-0.25, -0.2) is 9.36 Å². The number of hydrogen-bond acceptors (Lipinski definition) is 5. The number of allylic oxidation sites excluding steroid dienone is 1. The normalized spacial score (nSPS) is 31.4. The number of piperidine rings is 2. The van der Waals surface area contributed by atoms with E-state index in [9.17, 15) is 9.59 Å². The fourth-order valence-corrected chi connectivity index (χ4v) is 6.27. The van der Waals surface area contributed by atoms with E-state index in [0.717, 1.165) is 48.1 Å². The van der Waals surface area contributed by atoms with Crippen LogP contribution < -0.4 is 0 Å². The fourth-order valence-electron chi connectivity index (χ4n) is 6.27. The van der Waals surface area contributed by atoms with Gasteiger partial charge >= 0.3 is 12.1 Å². The third-order valence-electron chi connectivity index (χ3n) is 7.14. The van der Waals surface area contributed by atoms with Crippen molar-refractivity contribution in [3.8, 4) is 0 Å². The van der Waals surface area contributed by atoms with Crippen LogP contribution in [0.4, 0.5) is 4.79 Å². The van der Waals surface area contributed by atoms with Gasteiger partial charge in [0.15, 0.2) is 0 Å². The smallest absolute Gasteiger partial charge is 0.418 e. The zero-order chi connectivity index (χ0) is 20.3. The van der Waals surface area contributed by atoms with Gasteiger partial charge in [0, 0.05) is 18.5 Å². The van der Waals surface area contributed by atoms with Crippen molar-refractivity contribution >= 4 is 23.0 Å². The van der Waals surface area contributed by atoms with Crippen LogP contribution in [-0.4, -0.2) is 54.9 Å². The summed E-state index contributed by atoms with van der Waals surface area (Å²) in [6.07, 6.45) is 4.18. The van der Waals surface area contributed by atoms with Crippen LogP contribution in [0.2, 0.25) is 0 Å². The second-order valence-electron chi connectivity index (χ2n) is 8.40. The summed E-state index contributed by atoms with van der Waals surface area (Å²) in [7, 11) is 2.84. The Kier molecular flexibility index (Phi) is 4.10. The first-order valence-corrected chi connectivity index (χ1v) is 10.3.